The maximum absolute atomic E-state index is 12.7. The molecule has 4 atom stereocenters. The summed E-state index contributed by atoms with van der Waals surface area (Å²) in [6, 6.07) is 2.58. The minimum Gasteiger partial charge on any atom is -0.355 e. The third-order valence-electron chi connectivity index (χ3n) is 7.21. The Labute approximate surface area is 176 Å². The van der Waals surface area contributed by atoms with Gasteiger partial charge in [0.25, 0.3) is 0 Å². The van der Waals surface area contributed by atoms with E-state index in [0.717, 1.165) is 12.1 Å². The molecule has 2 N–H and O–H groups in total. The number of carbonyl (C=O) groups excluding carboxylic acids is 2. The third kappa shape index (κ3) is 3.32. The Morgan fingerprint density at radius 2 is 1.83 bits per heavy atom. The molecule has 1 aromatic heterocycles. The Bertz CT molecular complexity index is 854. The summed E-state index contributed by atoms with van der Waals surface area (Å²) in [4.78, 5) is 31.2. The molecule has 3 fully saturated rings. The van der Waals surface area contributed by atoms with E-state index in [4.69, 9.17) is 0 Å². The minimum atomic E-state index is -0.125. The van der Waals surface area contributed by atoms with Crippen molar-refractivity contribution in [2.45, 2.75) is 44.7 Å². The zero-order valence-corrected chi connectivity index (χ0v) is 17.5. The number of aliphatic imine (C=N–C) groups is 1. The molecule has 8 nitrogen and oxygen atoms in total. The van der Waals surface area contributed by atoms with E-state index in [1.807, 2.05) is 6.07 Å². The summed E-state index contributed by atoms with van der Waals surface area (Å²) < 4.78 is 2.09. The molecule has 2 amide bonds. The molecule has 4 aliphatic rings. The molecular formula is C22H30N6O2. The van der Waals surface area contributed by atoms with Crippen molar-refractivity contribution in [3.63, 3.8) is 0 Å². The molecule has 30 heavy (non-hydrogen) atoms. The maximum atomic E-state index is 12.7. The fourth-order valence-corrected chi connectivity index (χ4v) is 5.71. The number of aromatic nitrogens is 2. The molecule has 2 heterocycles. The predicted molar refractivity (Wildman–Crippen MR) is 112 cm³/mol. The number of hydrogen-bond donors (Lipinski definition) is 2. The van der Waals surface area contributed by atoms with Gasteiger partial charge in [-0.3, -0.25) is 24.2 Å². The Morgan fingerprint density at radius 3 is 2.50 bits per heavy atom. The van der Waals surface area contributed by atoms with E-state index in [1.165, 1.54) is 30.6 Å². The van der Waals surface area contributed by atoms with Gasteiger partial charge in [-0.05, 0) is 37.2 Å². The lowest BCUT2D eigenvalue weighted by molar-refractivity contribution is -0.140. The van der Waals surface area contributed by atoms with Crippen LogP contribution in [0.1, 0.15) is 43.8 Å². The monoisotopic (exact) mass is 410 g/mol. The van der Waals surface area contributed by atoms with Gasteiger partial charge in [0.2, 0.25) is 11.8 Å². The highest BCUT2D eigenvalue weighted by molar-refractivity contribution is 6.06. The van der Waals surface area contributed by atoms with Crippen LogP contribution < -0.4 is 10.6 Å². The molecule has 1 saturated heterocycles. The van der Waals surface area contributed by atoms with Gasteiger partial charge in [0.1, 0.15) is 0 Å². The Balaban J connectivity index is 1.09. The van der Waals surface area contributed by atoms with Gasteiger partial charge in [0, 0.05) is 26.3 Å². The summed E-state index contributed by atoms with van der Waals surface area (Å²) in [5.74, 6) is 0.917. The third-order valence-corrected chi connectivity index (χ3v) is 7.21. The first-order valence-corrected chi connectivity index (χ1v) is 11.2. The number of guanidine groups is 1. The molecule has 3 aliphatic carbocycles. The van der Waals surface area contributed by atoms with E-state index >= 15 is 0 Å². The first-order valence-electron chi connectivity index (χ1n) is 11.2. The van der Waals surface area contributed by atoms with E-state index in [9.17, 15) is 9.59 Å². The highest BCUT2D eigenvalue weighted by Gasteiger charge is 2.58. The van der Waals surface area contributed by atoms with Crippen molar-refractivity contribution < 1.29 is 9.59 Å². The lowest BCUT2D eigenvalue weighted by Crippen LogP contribution is -2.43. The van der Waals surface area contributed by atoms with Gasteiger partial charge in [0.05, 0.1) is 30.1 Å². The van der Waals surface area contributed by atoms with Gasteiger partial charge in [-0.15, -0.1) is 0 Å². The molecule has 0 spiro atoms. The number of nitrogens with zero attached hydrogens (tertiary/aromatic N) is 4. The van der Waals surface area contributed by atoms with Gasteiger partial charge < -0.3 is 10.6 Å². The standard InChI is InChI=1S/C22H30N6O2/c1-23-22(25-13-16-8-10-28(26-16)17-4-2-3-5-17)24-9-11-27-20(29)18-14-6-7-15(12-14)19(18)21(27)30/h6-8,10,14-15,17-19H,2-5,9,11-13H2,1H3,(H2,23,24,25). The van der Waals surface area contributed by atoms with Crippen LogP contribution in [0.5, 0.6) is 0 Å². The van der Waals surface area contributed by atoms with Gasteiger partial charge in [-0.1, -0.05) is 25.0 Å². The molecule has 1 aliphatic heterocycles. The van der Waals surface area contributed by atoms with E-state index in [1.54, 1.807) is 7.05 Å². The van der Waals surface area contributed by atoms with Crippen LogP contribution in [0.15, 0.2) is 29.4 Å². The fraction of sp³-hybridized carbons (Fsp3) is 0.636. The smallest absolute Gasteiger partial charge is 0.233 e. The average Bonchev–Trinajstić information content (AvgIpc) is 3.55. The molecule has 4 unspecified atom stereocenters. The van der Waals surface area contributed by atoms with E-state index in [-0.39, 0.29) is 35.5 Å². The predicted octanol–water partition coefficient (Wildman–Crippen LogP) is 1.47. The SMILES string of the molecule is CN=C(NCCN1C(=O)C2C3C=CC(C3)C2C1=O)NCc1ccn(C2CCCC2)n1. The van der Waals surface area contributed by atoms with Gasteiger partial charge >= 0.3 is 0 Å². The molecule has 0 radical (unpaired) electrons. The normalized spacial score (nSPS) is 30.6. The number of carbonyl (C=O) groups is 2. The van der Waals surface area contributed by atoms with Crippen molar-refractivity contribution >= 4 is 17.8 Å². The van der Waals surface area contributed by atoms with Gasteiger partial charge in [-0.25, -0.2) is 0 Å². The first-order chi connectivity index (χ1) is 14.7. The second-order valence-corrected chi connectivity index (χ2v) is 8.91. The number of allylic oxidation sites excluding steroid dienone is 2. The van der Waals surface area contributed by atoms with E-state index < -0.39 is 0 Å². The van der Waals surface area contributed by atoms with Crippen molar-refractivity contribution in [1.82, 2.24) is 25.3 Å². The van der Waals surface area contributed by atoms with Crippen LogP contribution in [0.25, 0.3) is 0 Å². The summed E-state index contributed by atoms with van der Waals surface area (Å²) in [5.41, 5.74) is 0.977. The summed E-state index contributed by atoms with van der Waals surface area (Å²) in [6.07, 6.45) is 12.3. The number of nitrogens with one attached hydrogen (secondary N) is 2. The van der Waals surface area contributed by atoms with Gasteiger partial charge in [0.15, 0.2) is 5.96 Å². The topological polar surface area (TPSA) is 91.6 Å². The van der Waals surface area contributed by atoms with E-state index in [2.05, 4.69) is 43.8 Å². The minimum absolute atomic E-state index is 0.00375. The van der Waals surface area contributed by atoms with Crippen molar-refractivity contribution in [1.29, 1.82) is 0 Å². The van der Waals surface area contributed by atoms with Crippen LogP contribution in [0.4, 0.5) is 0 Å². The van der Waals surface area contributed by atoms with Crippen LogP contribution in [0, 0.1) is 23.7 Å². The molecule has 5 rings (SSSR count). The fourth-order valence-electron chi connectivity index (χ4n) is 5.71. The van der Waals surface area contributed by atoms with Crippen molar-refractivity contribution in [2.75, 3.05) is 20.1 Å². The molecule has 8 heteroatoms. The molecule has 1 aromatic rings. The quantitative estimate of drug-likeness (QED) is 0.321. The lowest BCUT2D eigenvalue weighted by atomic mass is 9.85. The zero-order valence-electron chi connectivity index (χ0n) is 17.5. The van der Waals surface area contributed by atoms with Crippen LogP contribution >= 0.6 is 0 Å². The molecular weight excluding hydrogens is 380 g/mol. The highest BCUT2D eigenvalue weighted by atomic mass is 16.2. The lowest BCUT2D eigenvalue weighted by Gasteiger charge is -2.18. The summed E-state index contributed by atoms with van der Waals surface area (Å²) >= 11 is 0. The van der Waals surface area contributed by atoms with Crippen LogP contribution in [0.2, 0.25) is 0 Å². The Morgan fingerprint density at radius 1 is 1.13 bits per heavy atom. The summed E-state index contributed by atoms with van der Waals surface area (Å²) in [6.45, 7) is 1.44. The Kier molecular flexibility index (Phi) is 5.08. The zero-order chi connectivity index (χ0) is 20.7. The van der Waals surface area contributed by atoms with E-state index in [0.29, 0.717) is 31.6 Å². The first kappa shape index (κ1) is 19.3. The number of imide groups is 1. The highest BCUT2D eigenvalue weighted by Crippen LogP contribution is 2.52. The second-order valence-electron chi connectivity index (χ2n) is 8.91. The van der Waals surface area contributed by atoms with Gasteiger partial charge in [-0.2, -0.15) is 5.10 Å². The van der Waals surface area contributed by atoms with Crippen molar-refractivity contribution in [2.24, 2.45) is 28.7 Å². The number of rotatable bonds is 6. The van der Waals surface area contributed by atoms with Crippen molar-refractivity contribution in [3.8, 4) is 0 Å². The van der Waals surface area contributed by atoms with Crippen LogP contribution in [0.3, 0.4) is 0 Å². The summed E-state index contributed by atoms with van der Waals surface area (Å²) in [5, 5.41) is 11.2. The number of fused-ring (bicyclic) bond motifs is 5. The molecule has 2 saturated carbocycles. The Hall–Kier alpha value is -2.64. The second kappa shape index (κ2) is 7.89. The molecule has 2 bridgehead atoms. The van der Waals surface area contributed by atoms with Crippen LogP contribution in [-0.2, 0) is 16.1 Å². The number of hydrogen-bond acceptors (Lipinski definition) is 4. The molecule has 160 valence electrons. The van der Waals surface area contributed by atoms with Crippen LogP contribution in [-0.4, -0.2) is 52.6 Å². The number of likely N-dealkylation sites (tertiary alicyclic amines) is 1. The summed E-state index contributed by atoms with van der Waals surface area (Å²) in [7, 11) is 1.71. The molecule has 0 aromatic carbocycles. The average molecular weight is 411 g/mol. The van der Waals surface area contributed by atoms with Crippen molar-refractivity contribution in [3.05, 3.63) is 30.1 Å². The largest absolute Gasteiger partial charge is 0.355 e. The number of amides is 2. The maximum Gasteiger partial charge on any atom is 0.233 e.